The molecule has 1 saturated carbocycles. The molecule has 1 aliphatic carbocycles. The van der Waals surface area contributed by atoms with Gasteiger partial charge in [-0.2, -0.15) is 11.8 Å². The Hall–Kier alpha value is 0.270. The predicted molar refractivity (Wildman–Crippen MR) is 47.9 cm³/mol. The average molecular weight is 173 g/mol. The van der Waals surface area contributed by atoms with Crippen molar-refractivity contribution in [3.63, 3.8) is 0 Å². The first-order valence-corrected chi connectivity index (χ1v) is 5.53. The van der Waals surface area contributed by atoms with Gasteiger partial charge in [-0.1, -0.05) is 0 Å². The van der Waals surface area contributed by atoms with Crippen molar-refractivity contribution in [1.82, 2.24) is 4.90 Å². The van der Waals surface area contributed by atoms with Crippen molar-refractivity contribution in [3.8, 4) is 0 Å². The summed E-state index contributed by atoms with van der Waals surface area (Å²) in [6.07, 6.45) is 2.22. The van der Waals surface area contributed by atoms with E-state index < -0.39 is 0 Å². The largest absolute Gasteiger partial charge is 0.391 e. The van der Waals surface area contributed by atoms with Crippen LogP contribution in [-0.2, 0) is 0 Å². The second kappa shape index (κ2) is 3.33. The van der Waals surface area contributed by atoms with Crippen molar-refractivity contribution < 1.29 is 5.11 Å². The molecule has 1 aliphatic heterocycles. The smallest absolute Gasteiger partial charge is 0.0696 e. The zero-order valence-electron chi connectivity index (χ0n) is 6.70. The summed E-state index contributed by atoms with van der Waals surface area (Å²) in [5.41, 5.74) is 0. The molecule has 2 aliphatic rings. The maximum absolute atomic E-state index is 9.41. The van der Waals surface area contributed by atoms with Crippen LogP contribution in [0.25, 0.3) is 0 Å². The first-order valence-electron chi connectivity index (χ1n) is 4.38. The molecule has 0 aromatic carbocycles. The van der Waals surface area contributed by atoms with Crippen molar-refractivity contribution in [3.05, 3.63) is 0 Å². The van der Waals surface area contributed by atoms with Crippen molar-refractivity contribution >= 4 is 11.8 Å². The highest BCUT2D eigenvalue weighted by Crippen LogP contribution is 2.27. The van der Waals surface area contributed by atoms with Crippen LogP contribution in [0, 0.1) is 0 Å². The van der Waals surface area contributed by atoms with E-state index in [0.29, 0.717) is 6.04 Å². The molecule has 0 spiro atoms. The van der Waals surface area contributed by atoms with E-state index in [1.54, 1.807) is 0 Å². The Bertz CT molecular complexity index is 136. The minimum absolute atomic E-state index is 0.0156. The molecule has 0 aromatic heterocycles. The molecule has 0 amide bonds. The molecular weight excluding hydrogens is 158 g/mol. The van der Waals surface area contributed by atoms with Gasteiger partial charge >= 0.3 is 0 Å². The average Bonchev–Trinajstić information content (AvgIpc) is 2.04. The van der Waals surface area contributed by atoms with Crippen molar-refractivity contribution in [2.45, 2.75) is 25.0 Å². The van der Waals surface area contributed by atoms with E-state index in [0.717, 1.165) is 6.42 Å². The number of nitrogens with zero attached hydrogens (tertiary/aromatic N) is 1. The van der Waals surface area contributed by atoms with E-state index in [1.165, 1.54) is 31.0 Å². The van der Waals surface area contributed by atoms with Crippen LogP contribution in [0.2, 0.25) is 0 Å². The zero-order chi connectivity index (χ0) is 7.68. The van der Waals surface area contributed by atoms with Crippen LogP contribution in [0.4, 0.5) is 0 Å². The molecule has 2 atom stereocenters. The number of aliphatic hydroxyl groups is 1. The molecule has 64 valence electrons. The highest BCUT2D eigenvalue weighted by molar-refractivity contribution is 7.99. The van der Waals surface area contributed by atoms with Crippen molar-refractivity contribution in [2.75, 3.05) is 24.6 Å². The third-order valence-corrected chi connectivity index (χ3v) is 3.66. The minimum atomic E-state index is -0.0156. The summed E-state index contributed by atoms with van der Waals surface area (Å²) in [7, 11) is 0. The van der Waals surface area contributed by atoms with Gasteiger partial charge in [-0.3, -0.25) is 4.90 Å². The van der Waals surface area contributed by atoms with Gasteiger partial charge in [0.1, 0.15) is 0 Å². The van der Waals surface area contributed by atoms with E-state index in [2.05, 4.69) is 4.90 Å². The summed E-state index contributed by atoms with van der Waals surface area (Å²) in [4.78, 5) is 2.45. The summed E-state index contributed by atoms with van der Waals surface area (Å²) >= 11 is 2.03. The molecule has 2 rings (SSSR count). The molecular formula is C8H15NOS. The van der Waals surface area contributed by atoms with Crippen LogP contribution in [0.15, 0.2) is 0 Å². The third-order valence-electron chi connectivity index (χ3n) is 2.72. The van der Waals surface area contributed by atoms with Crippen LogP contribution in [0.3, 0.4) is 0 Å². The van der Waals surface area contributed by atoms with Crippen LogP contribution in [-0.4, -0.2) is 46.7 Å². The van der Waals surface area contributed by atoms with Gasteiger partial charge in [0.05, 0.1) is 6.10 Å². The molecule has 0 bridgehead atoms. The van der Waals surface area contributed by atoms with Crippen LogP contribution >= 0.6 is 11.8 Å². The van der Waals surface area contributed by atoms with Crippen molar-refractivity contribution in [1.29, 1.82) is 0 Å². The van der Waals surface area contributed by atoms with Gasteiger partial charge in [0.25, 0.3) is 0 Å². The Morgan fingerprint density at radius 1 is 1.18 bits per heavy atom. The van der Waals surface area contributed by atoms with Gasteiger partial charge in [-0.25, -0.2) is 0 Å². The fourth-order valence-corrected chi connectivity index (χ4v) is 2.73. The van der Waals surface area contributed by atoms with Crippen molar-refractivity contribution in [2.24, 2.45) is 0 Å². The summed E-state index contributed by atoms with van der Waals surface area (Å²) < 4.78 is 0. The molecule has 2 fully saturated rings. The van der Waals surface area contributed by atoms with Crippen LogP contribution < -0.4 is 0 Å². The first kappa shape index (κ1) is 7.90. The van der Waals surface area contributed by atoms with Gasteiger partial charge in [0.2, 0.25) is 0 Å². The second-order valence-electron chi connectivity index (χ2n) is 3.36. The maximum Gasteiger partial charge on any atom is 0.0696 e. The molecule has 11 heavy (non-hydrogen) atoms. The monoisotopic (exact) mass is 173 g/mol. The quantitative estimate of drug-likeness (QED) is 0.627. The highest BCUT2D eigenvalue weighted by atomic mass is 32.2. The number of thioether (sulfide) groups is 1. The normalized spacial score (nSPS) is 40.1. The zero-order valence-corrected chi connectivity index (χ0v) is 7.52. The standard InChI is InChI=1S/C8H15NOS/c10-8-2-1-7(8)9-3-5-11-6-4-9/h7-8,10H,1-6H2. The molecule has 2 unspecified atom stereocenters. The van der Waals surface area contributed by atoms with Gasteiger partial charge in [-0.05, 0) is 12.8 Å². The number of hydrogen-bond donors (Lipinski definition) is 1. The lowest BCUT2D eigenvalue weighted by atomic mass is 9.88. The van der Waals surface area contributed by atoms with Gasteiger partial charge in [-0.15, -0.1) is 0 Å². The predicted octanol–water partition coefficient (Wildman–Crippen LogP) is 0.558. The second-order valence-corrected chi connectivity index (χ2v) is 4.59. The lowest BCUT2D eigenvalue weighted by Gasteiger charge is -2.43. The molecule has 1 N–H and O–H groups in total. The third kappa shape index (κ3) is 1.55. The Morgan fingerprint density at radius 3 is 2.36 bits per heavy atom. The molecule has 1 saturated heterocycles. The fraction of sp³-hybridized carbons (Fsp3) is 1.00. The SMILES string of the molecule is OC1CCC1N1CCSCC1. The molecule has 3 heteroatoms. The first-order chi connectivity index (χ1) is 5.38. The van der Waals surface area contributed by atoms with E-state index in [1.807, 2.05) is 11.8 Å². The van der Waals surface area contributed by atoms with E-state index in [9.17, 15) is 5.11 Å². The summed E-state index contributed by atoms with van der Waals surface area (Å²) in [6, 6.07) is 0.510. The molecule has 1 heterocycles. The Balaban J connectivity index is 1.83. The van der Waals surface area contributed by atoms with Gasteiger partial charge in [0.15, 0.2) is 0 Å². The minimum Gasteiger partial charge on any atom is -0.391 e. The lowest BCUT2D eigenvalue weighted by molar-refractivity contribution is -0.0168. The summed E-state index contributed by atoms with van der Waals surface area (Å²) in [5.74, 6) is 2.51. The Kier molecular flexibility index (Phi) is 2.39. The van der Waals surface area contributed by atoms with E-state index in [4.69, 9.17) is 0 Å². The fourth-order valence-electron chi connectivity index (χ4n) is 1.80. The summed E-state index contributed by atoms with van der Waals surface area (Å²) in [6.45, 7) is 2.37. The van der Waals surface area contributed by atoms with Gasteiger partial charge < -0.3 is 5.11 Å². The topological polar surface area (TPSA) is 23.5 Å². The van der Waals surface area contributed by atoms with Crippen LogP contribution in [0.5, 0.6) is 0 Å². The molecule has 0 radical (unpaired) electrons. The van der Waals surface area contributed by atoms with E-state index in [-0.39, 0.29) is 6.10 Å². The van der Waals surface area contributed by atoms with Crippen LogP contribution in [0.1, 0.15) is 12.8 Å². The van der Waals surface area contributed by atoms with Gasteiger partial charge in [0, 0.05) is 30.6 Å². The highest BCUT2D eigenvalue weighted by Gasteiger charge is 2.34. The number of aliphatic hydroxyl groups excluding tert-OH is 1. The Morgan fingerprint density at radius 2 is 1.91 bits per heavy atom. The number of rotatable bonds is 1. The maximum atomic E-state index is 9.41. The molecule has 0 aromatic rings. The number of hydrogen-bond acceptors (Lipinski definition) is 3. The lowest BCUT2D eigenvalue weighted by Crippen LogP contribution is -2.53. The molecule has 2 nitrogen and oxygen atoms in total. The Labute approximate surface area is 72.0 Å². The van der Waals surface area contributed by atoms with E-state index >= 15 is 0 Å². The summed E-state index contributed by atoms with van der Waals surface area (Å²) in [5, 5.41) is 9.41.